The van der Waals surface area contributed by atoms with Gasteiger partial charge in [-0.1, -0.05) is 34.6 Å². The van der Waals surface area contributed by atoms with Crippen molar-refractivity contribution in [1.82, 2.24) is 15.5 Å². The van der Waals surface area contributed by atoms with Gasteiger partial charge in [0.15, 0.2) is 0 Å². The van der Waals surface area contributed by atoms with Gasteiger partial charge in [-0.15, -0.1) is 5.10 Å². The van der Waals surface area contributed by atoms with Gasteiger partial charge < -0.3 is 10.1 Å². The minimum Gasteiger partial charge on any atom is -0.430 e. The predicted octanol–water partition coefficient (Wildman–Crippen LogP) is 2.58. The predicted molar refractivity (Wildman–Crippen MR) is 66.3 cm³/mol. The summed E-state index contributed by atoms with van der Waals surface area (Å²) in [6, 6.07) is 10.3. The van der Waals surface area contributed by atoms with Crippen LogP contribution in [0.5, 0.6) is 10.9 Å². The molecular weight excluding hydrogens is 234 g/mol. The molecule has 0 bridgehead atoms. The summed E-state index contributed by atoms with van der Waals surface area (Å²) in [5, 5.41) is 13.1. The van der Waals surface area contributed by atoms with Crippen LogP contribution < -0.4 is 10.1 Å². The molecule has 1 saturated carbocycles. The van der Waals surface area contributed by atoms with Gasteiger partial charge in [-0.3, -0.25) is 0 Å². The van der Waals surface area contributed by atoms with E-state index in [-0.39, 0.29) is 0 Å². The molecule has 1 N–H and O–H groups in total. The Kier molecular flexibility index (Phi) is 3.02. The molecule has 1 aliphatic rings. The summed E-state index contributed by atoms with van der Waals surface area (Å²) < 4.78 is 5.60. The van der Waals surface area contributed by atoms with Crippen molar-refractivity contribution in [3.8, 4) is 10.9 Å². The highest BCUT2D eigenvalue weighted by Gasteiger charge is 2.20. The molecule has 88 valence electrons. The molecule has 1 aliphatic carbocycles. The number of hydrogen-bond acceptors (Lipinski definition) is 5. The van der Waals surface area contributed by atoms with Crippen LogP contribution in [0.25, 0.3) is 0 Å². The zero-order chi connectivity index (χ0) is 11.5. The first-order valence-electron chi connectivity index (χ1n) is 5.69. The van der Waals surface area contributed by atoms with Crippen LogP contribution in [0.2, 0.25) is 0 Å². The molecule has 2 aromatic rings. The Hall–Kier alpha value is -1.46. The topological polar surface area (TPSA) is 47.0 Å². The first-order valence-corrected chi connectivity index (χ1v) is 6.50. The van der Waals surface area contributed by atoms with Gasteiger partial charge in [-0.2, -0.15) is 0 Å². The van der Waals surface area contributed by atoms with E-state index in [1.165, 1.54) is 24.2 Å². The second-order valence-electron chi connectivity index (χ2n) is 4.03. The van der Waals surface area contributed by atoms with Gasteiger partial charge in [0.2, 0.25) is 0 Å². The van der Waals surface area contributed by atoms with Crippen molar-refractivity contribution < 1.29 is 4.74 Å². The van der Waals surface area contributed by atoms with Gasteiger partial charge in [0.1, 0.15) is 10.8 Å². The third kappa shape index (κ3) is 3.01. The van der Waals surface area contributed by atoms with E-state index in [0.29, 0.717) is 11.2 Å². The molecule has 3 rings (SSSR count). The Balaban J connectivity index is 1.59. The number of para-hydroxylation sites is 1. The van der Waals surface area contributed by atoms with E-state index < -0.39 is 0 Å². The fourth-order valence-electron chi connectivity index (χ4n) is 1.46. The molecule has 1 aromatic carbocycles. The van der Waals surface area contributed by atoms with Gasteiger partial charge in [-0.05, 0) is 25.0 Å². The molecule has 0 amide bonds. The monoisotopic (exact) mass is 247 g/mol. The van der Waals surface area contributed by atoms with Crippen LogP contribution in [-0.4, -0.2) is 16.2 Å². The first kappa shape index (κ1) is 10.7. The van der Waals surface area contributed by atoms with Crippen molar-refractivity contribution in [3.63, 3.8) is 0 Å². The van der Waals surface area contributed by atoms with Gasteiger partial charge in [0, 0.05) is 6.04 Å². The van der Waals surface area contributed by atoms with Crippen LogP contribution in [0.3, 0.4) is 0 Å². The fraction of sp³-hybridized carbons (Fsp3) is 0.333. The Bertz CT molecular complexity index is 482. The fourth-order valence-corrected chi connectivity index (χ4v) is 2.12. The van der Waals surface area contributed by atoms with Crippen molar-refractivity contribution in [2.24, 2.45) is 0 Å². The largest absolute Gasteiger partial charge is 0.430 e. The number of rotatable bonds is 5. The third-order valence-corrected chi connectivity index (χ3v) is 3.32. The van der Waals surface area contributed by atoms with E-state index in [0.717, 1.165) is 17.3 Å². The number of benzene rings is 1. The van der Waals surface area contributed by atoms with Crippen molar-refractivity contribution in [1.29, 1.82) is 0 Å². The maximum absolute atomic E-state index is 5.60. The third-order valence-electron chi connectivity index (χ3n) is 2.52. The van der Waals surface area contributed by atoms with Crippen molar-refractivity contribution in [2.75, 3.05) is 0 Å². The normalized spacial score (nSPS) is 14.8. The number of hydrogen-bond donors (Lipinski definition) is 1. The zero-order valence-electron chi connectivity index (χ0n) is 9.30. The van der Waals surface area contributed by atoms with Crippen LogP contribution in [0.15, 0.2) is 30.3 Å². The maximum atomic E-state index is 5.60. The van der Waals surface area contributed by atoms with Crippen molar-refractivity contribution >= 4 is 11.3 Å². The lowest BCUT2D eigenvalue weighted by molar-refractivity contribution is 0.473. The molecule has 0 saturated heterocycles. The number of aromatic nitrogens is 2. The smallest absolute Gasteiger partial charge is 0.299 e. The van der Waals surface area contributed by atoms with Crippen molar-refractivity contribution in [2.45, 2.75) is 25.4 Å². The molecule has 5 heteroatoms. The molecule has 17 heavy (non-hydrogen) atoms. The minimum atomic E-state index is 0.601. The summed E-state index contributed by atoms with van der Waals surface area (Å²) in [7, 11) is 0. The Morgan fingerprint density at radius 3 is 2.82 bits per heavy atom. The van der Waals surface area contributed by atoms with Crippen molar-refractivity contribution in [3.05, 3.63) is 35.3 Å². The van der Waals surface area contributed by atoms with Gasteiger partial charge >= 0.3 is 0 Å². The Labute approximate surface area is 104 Å². The average Bonchev–Trinajstić information content (AvgIpc) is 3.09. The zero-order valence-corrected chi connectivity index (χ0v) is 10.1. The highest BCUT2D eigenvalue weighted by molar-refractivity contribution is 7.13. The molecule has 4 nitrogen and oxygen atoms in total. The molecule has 1 heterocycles. The molecule has 0 radical (unpaired) electrons. The quantitative estimate of drug-likeness (QED) is 0.882. The summed E-state index contributed by atoms with van der Waals surface area (Å²) in [6.45, 7) is 0.792. The summed E-state index contributed by atoms with van der Waals surface area (Å²) in [5.74, 6) is 0.797. The molecule has 1 aromatic heterocycles. The maximum Gasteiger partial charge on any atom is 0.299 e. The Morgan fingerprint density at radius 1 is 1.24 bits per heavy atom. The summed E-state index contributed by atoms with van der Waals surface area (Å²) in [5.41, 5.74) is 0. The summed E-state index contributed by atoms with van der Waals surface area (Å²) >= 11 is 1.49. The number of nitrogens with zero attached hydrogens (tertiary/aromatic N) is 2. The molecule has 0 aliphatic heterocycles. The minimum absolute atomic E-state index is 0.601. The lowest BCUT2D eigenvalue weighted by Crippen LogP contribution is -2.14. The Morgan fingerprint density at radius 2 is 2.06 bits per heavy atom. The van der Waals surface area contributed by atoms with Crippen LogP contribution in [0.1, 0.15) is 17.8 Å². The van der Waals surface area contributed by atoms with Crippen LogP contribution in [0.4, 0.5) is 0 Å². The number of ether oxygens (including phenoxy) is 1. The van der Waals surface area contributed by atoms with Gasteiger partial charge in [-0.25, -0.2) is 0 Å². The molecule has 0 spiro atoms. The van der Waals surface area contributed by atoms with Crippen LogP contribution >= 0.6 is 11.3 Å². The summed E-state index contributed by atoms with van der Waals surface area (Å²) in [4.78, 5) is 0. The highest BCUT2D eigenvalue weighted by Crippen LogP contribution is 2.25. The van der Waals surface area contributed by atoms with E-state index in [1.807, 2.05) is 30.3 Å². The SMILES string of the molecule is c1ccc(Oc2nnc(CNC3CC3)s2)cc1. The van der Waals surface area contributed by atoms with Crippen LogP contribution in [0, 0.1) is 0 Å². The summed E-state index contributed by atoms with van der Waals surface area (Å²) in [6.07, 6.45) is 2.57. The van der Waals surface area contributed by atoms with Crippen LogP contribution in [-0.2, 0) is 6.54 Å². The second-order valence-corrected chi connectivity index (χ2v) is 5.06. The lowest BCUT2D eigenvalue weighted by Gasteiger charge is -1.98. The van der Waals surface area contributed by atoms with E-state index in [2.05, 4.69) is 15.5 Å². The molecule has 0 unspecified atom stereocenters. The standard InChI is InChI=1S/C12H13N3OS/c1-2-4-10(5-3-1)16-12-15-14-11(17-12)8-13-9-6-7-9/h1-5,9,13H,6-8H2. The number of nitrogens with one attached hydrogen (secondary N) is 1. The second kappa shape index (κ2) is 4.81. The van der Waals surface area contributed by atoms with E-state index >= 15 is 0 Å². The van der Waals surface area contributed by atoms with Gasteiger partial charge in [0.05, 0.1) is 6.54 Å². The molecule has 1 fully saturated rings. The highest BCUT2D eigenvalue weighted by atomic mass is 32.1. The van der Waals surface area contributed by atoms with E-state index in [4.69, 9.17) is 4.74 Å². The van der Waals surface area contributed by atoms with E-state index in [9.17, 15) is 0 Å². The van der Waals surface area contributed by atoms with Gasteiger partial charge in [0.25, 0.3) is 5.19 Å². The molecular formula is C12H13N3OS. The molecule has 0 atom stereocenters. The first-order chi connectivity index (χ1) is 8.40. The lowest BCUT2D eigenvalue weighted by atomic mass is 10.3. The average molecular weight is 247 g/mol. The van der Waals surface area contributed by atoms with E-state index in [1.54, 1.807) is 0 Å².